The molecule has 0 atom stereocenters. The molecule has 0 bridgehead atoms. The fraction of sp³-hybridized carbons (Fsp3) is 0.214. The number of benzene rings is 3. The Bertz CT molecular complexity index is 1230. The van der Waals surface area contributed by atoms with Crippen LogP contribution in [0.3, 0.4) is 0 Å². The lowest BCUT2D eigenvalue weighted by Gasteiger charge is -2.16. The van der Waals surface area contributed by atoms with Gasteiger partial charge in [0.15, 0.2) is 16.7 Å². The highest BCUT2D eigenvalue weighted by molar-refractivity contribution is 8.19. The van der Waals surface area contributed by atoms with Gasteiger partial charge in [-0.05, 0) is 72.1 Å². The molecule has 4 rings (SSSR count). The van der Waals surface area contributed by atoms with Crippen molar-refractivity contribution in [2.45, 2.75) is 26.7 Å². The maximum absolute atomic E-state index is 13.6. The molecule has 1 heterocycles. The number of ether oxygens (including phenoxy) is 2. The van der Waals surface area contributed by atoms with Gasteiger partial charge in [-0.15, -0.1) is 0 Å². The zero-order valence-electron chi connectivity index (χ0n) is 19.9. The van der Waals surface area contributed by atoms with Gasteiger partial charge < -0.3 is 9.47 Å². The number of hydrogen-bond donors (Lipinski definition) is 0. The zero-order valence-corrected chi connectivity index (χ0v) is 20.7. The summed E-state index contributed by atoms with van der Waals surface area (Å²) in [6.45, 7) is 4.24. The van der Waals surface area contributed by atoms with E-state index in [4.69, 9.17) is 14.5 Å². The van der Waals surface area contributed by atoms with E-state index < -0.39 is 0 Å². The van der Waals surface area contributed by atoms with Crippen LogP contribution in [0.4, 0.5) is 11.4 Å². The number of carbonyl (C=O) groups is 1. The van der Waals surface area contributed by atoms with E-state index >= 15 is 0 Å². The molecule has 174 valence electrons. The minimum Gasteiger partial charge on any atom is -0.493 e. The van der Waals surface area contributed by atoms with Crippen LogP contribution in [-0.4, -0.2) is 25.3 Å². The van der Waals surface area contributed by atoms with Gasteiger partial charge in [-0.2, -0.15) is 0 Å². The van der Waals surface area contributed by atoms with Crippen LogP contribution >= 0.6 is 11.8 Å². The van der Waals surface area contributed by atoms with Crippen molar-refractivity contribution in [3.05, 3.63) is 88.3 Å². The van der Waals surface area contributed by atoms with Gasteiger partial charge in [0.25, 0.3) is 5.91 Å². The second-order valence-electron chi connectivity index (χ2n) is 7.77. The molecule has 1 amide bonds. The van der Waals surface area contributed by atoms with Crippen molar-refractivity contribution in [2.75, 3.05) is 19.1 Å². The molecular formula is C28H28N2O3S. The maximum atomic E-state index is 13.6. The van der Waals surface area contributed by atoms with Crippen LogP contribution < -0.4 is 14.4 Å². The van der Waals surface area contributed by atoms with Crippen LogP contribution in [0.25, 0.3) is 6.08 Å². The Morgan fingerprint density at radius 1 is 0.882 bits per heavy atom. The van der Waals surface area contributed by atoms with E-state index in [-0.39, 0.29) is 5.91 Å². The van der Waals surface area contributed by atoms with Crippen molar-refractivity contribution >= 4 is 40.3 Å². The van der Waals surface area contributed by atoms with Crippen LogP contribution in [0.1, 0.15) is 30.5 Å². The summed E-state index contributed by atoms with van der Waals surface area (Å²) < 4.78 is 11.0. The SMILES string of the molecule is CCc1ccc(N=C2S/C(=C\c3cccc(OC)c3OC)C(=O)N2c2ccc(CC)cc2)cc1. The van der Waals surface area contributed by atoms with Crippen molar-refractivity contribution in [2.24, 2.45) is 4.99 Å². The molecule has 0 unspecified atom stereocenters. The number of rotatable bonds is 7. The van der Waals surface area contributed by atoms with Crippen molar-refractivity contribution in [3.8, 4) is 11.5 Å². The third-order valence-corrected chi connectivity index (χ3v) is 6.67. The Morgan fingerprint density at radius 3 is 2.12 bits per heavy atom. The summed E-state index contributed by atoms with van der Waals surface area (Å²) >= 11 is 1.36. The quantitative estimate of drug-likeness (QED) is 0.362. The van der Waals surface area contributed by atoms with Gasteiger partial charge in [-0.1, -0.05) is 50.2 Å². The minimum atomic E-state index is -0.122. The molecule has 0 N–H and O–H groups in total. The average molecular weight is 473 g/mol. The highest BCUT2D eigenvalue weighted by Gasteiger charge is 2.35. The van der Waals surface area contributed by atoms with E-state index in [1.54, 1.807) is 19.1 Å². The Labute approximate surface area is 205 Å². The molecule has 34 heavy (non-hydrogen) atoms. The lowest BCUT2D eigenvalue weighted by molar-refractivity contribution is -0.113. The number of thioether (sulfide) groups is 1. The van der Waals surface area contributed by atoms with Crippen molar-refractivity contribution in [1.29, 1.82) is 0 Å². The van der Waals surface area contributed by atoms with Gasteiger partial charge in [0, 0.05) is 5.56 Å². The van der Waals surface area contributed by atoms with E-state index in [9.17, 15) is 4.79 Å². The summed E-state index contributed by atoms with van der Waals surface area (Å²) in [5, 5.41) is 0.617. The van der Waals surface area contributed by atoms with Gasteiger partial charge in [0.2, 0.25) is 0 Å². The van der Waals surface area contributed by atoms with Crippen molar-refractivity contribution < 1.29 is 14.3 Å². The fourth-order valence-corrected chi connectivity index (χ4v) is 4.73. The number of amidine groups is 1. The largest absolute Gasteiger partial charge is 0.493 e. The minimum absolute atomic E-state index is 0.122. The van der Waals surface area contributed by atoms with Gasteiger partial charge in [-0.3, -0.25) is 9.69 Å². The average Bonchev–Trinajstić information content (AvgIpc) is 3.18. The summed E-state index contributed by atoms with van der Waals surface area (Å²) in [7, 11) is 3.19. The molecule has 1 saturated heterocycles. The van der Waals surface area contributed by atoms with Gasteiger partial charge >= 0.3 is 0 Å². The number of methoxy groups -OCH3 is 2. The summed E-state index contributed by atoms with van der Waals surface area (Å²) in [5.41, 5.74) is 4.83. The van der Waals surface area contributed by atoms with Crippen molar-refractivity contribution in [3.63, 3.8) is 0 Å². The molecule has 3 aromatic carbocycles. The molecule has 0 radical (unpaired) electrons. The number of carbonyl (C=O) groups excluding carboxylic acids is 1. The third kappa shape index (κ3) is 4.87. The number of anilines is 1. The van der Waals surface area contributed by atoms with Crippen LogP contribution in [0.5, 0.6) is 11.5 Å². The Morgan fingerprint density at radius 2 is 1.53 bits per heavy atom. The summed E-state index contributed by atoms with van der Waals surface area (Å²) in [5.74, 6) is 1.08. The third-order valence-electron chi connectivity index (χ3n) is 5.70. The lowest BCUT2D eigenvalue weighted by atomic mass is 10.1. The lowest BCUT2D eigenvalue weighted by Crippen LogP contribution is -2.28. The molecule has 1 aliphatic rings. The standard InChI is InChI=1S/C28H28N2O3S/c1-5-19-10-14-22(15-11-19)29-28-30(23-16-12-20(6-2)13-17-23)27(31)25(34-28)18-21-8-7-9-24(32-3)26(21)33-4/h7-18H,5-6H2,1-4H3/b25-18-,29-28?. The molecule has 3 aromatic rings. The molecule has 0 aromatic heterocycles. The summed E-state index contributed by atoms with van der Waals surface area (Å²) in [4.78, 5) is 20.7. The smallest absolute Gasteiger partial charge is 0.271 e. The Balaban J connectivity index is 1.78. The predicted octanol–water partition coefficient (Wildman–Crippen LogP) is 6.64. The van der Waals surface area contributed by atoms with E-state index in [2.05, 4.69) is 26.0 Å². The highest BCUT2D eigenvalue weighted by Crippen LogP contribution is 2.40. The summed E-state index contributed by atoms with van der Waals surface area (Å²) in [6, 6.07) is 21.8. The molecule has 6 heteroatoms. The van der Waals surface area contributed by atoms with E-state index in [0.717, 1.165) is 29.8 Å². The second kappa shape index (κ2) is 10.6. The maximum Gasteiger partial charge on any atom is 0.271 e. The first-order chi connectivity index (χ1) is 16.6. The van der Waals surface area contributed by atoms with Crippen molar-refractivity contribution in [1.82, 2.24) is 0 Å². The Hall–Kier alpha value is -3.51. The van der Waals surface area contributed by atoms with Crippen LogP contribution in [0.15, 0.2) is 76.6 Å². The number of amides is 1. The number of aliphatic imine (C=N–C) groups is 1. The normalized spacial score (nSPS) is 15.9. The van der Waals surface area contributed by atoms with Crippen LogP contribution in [0.2, 0.25) is 0 Å². The first-order valence-corrected chi connectivity index (χ1v) is 12.1. The number of nitrogens with zero attached hydrogens (tertiary/aromatic N) is 2. The first kappa shape index (κ1) is 23.6. The van der Waals surface area contributed by atoms with Crippen LogP contribution in [0, 0.1) is 0 Å². The molecule has 1 aliphatic heterocycles. The molecular weight excluding hydrogens is 444 g/mol. The van der Waals surface area contributed by atoms with Gasteiger partial charge in [0.1, 0.15) is 0 Å². The van der Waals surface area contributed by atoms with E-state index in [1.165, 1.54) is 22.9 Å². The van der Waals surface area contributed by atoms with Gasteiger partial charge in [0.05, 0.1) is 30.5 Å². The topological polar surface area (TPSA) is 51.1 Å². The zero-order chi connectivity index (χ0) is 24.1. The molecule has 5 nitrogen and oxygen atoms in total. The van der Waals surface area contributed by atoms with Gasteiger partial charge in [-0.25, -0.2) is 4.99 Å². The molecule has 0 spiro atoms. The van der Waals surface area contributed by atoms with E-state index in [1.807, 2.05) is 60.7 Å². The molecule has 1 fully saturated rings. The molecule has 0 aliphatic carbocycles. The predicted molar refractivity (Wildman–Crippen MR) is 141 cm³/mol. The highest BCUT2D eigenvalue weighted by atomic mass is 32.2. The fourth-order valence-electron chi connectivity index (χ4n) is 3.74. The second-order valence-corrected chi connectivity index (χ2v) is 8.78. The van der Waals surface area contributed by atoms with Crippen LogP contribution in [-0.2, 0) is 17.6 Å². The molecule has 0 saturated carbocycles. The number of hydrogen-bond acceptors (Lipinski definition) is 5. The monoisotopic (exact) mass is 472 g/mol. The summed E-state index contributed by atoms with van der Waals surface area (Å²) in [6.07, 6.45) is 3.74. The van der Waals surface area contributed by atoms with E-state index in [0.29, 0.717) is 21.6 Å². The first-order valence-electron chi connectivity index (χ1n) is 11.3. The Kier molecular flexibility index (Phi) is 7.38. The number of para-hydroxylation sites is 1. The number of aryl methyl sites for hydroxylation is 2.